The molecule has 0 aliphatic heterocycles. The molecule has 0 radical (unpaired) electrons. The van der Waals surface area contributed by atoms with Crippen molar-refractivity contribution in [2.24, 2.45) is 0 Å². The second-order valence-electron chi connectivity index (χ2n) is 17.1. The van der Waals surface area contributed by atoms with Gasteiger partial charge in [0.15, 0.2) is 6.10 Å². The zero-order chi connectivity index (χ0) is 45.1. The summed E-state index contributed by atoms with van der Waals surface area (Å²) in [6.45, 7) is 6.39. The van der Waals surface area contributed by atoms with Gasteiger partial charge >= 0.3 is 17.9 Å². The van der Waals surface area contributed by atoms with E-state index in [1.807, 2.05) is 12.2 Å². The molecule has 0 heterocycles. The van der Waals surface area contributed by atoms with E-state index in [2.05, 4.69) is 81.5 Å². The van der Waals surface area contributed by atoms with Gasteiger partial charge in [0.25, 0.3) is 0 Å². The second-order valence-corrected chi connectivity index (χ2v) is 17.1. The zero-order valence-corrected chi connectivity index (χ0v) is 40.6. The molecular formula is C56H96O6. The summed E-state index contributed by atoms with van der Waals surface area (Å²) in [7, 11) is 0. The summed E-state index contributed by atoms with van der Waals surface area (Å²) in [4.78, 5) is 37.6. The number of hydrogen-bond donors (Lipinski definition) is 0. The molecule has 0 aromatic heterocycles. The summed E-state index contributed by atoms with van der Waals surface area (Å²) in [5.74, 6) is -1.000. The van der Waals surface area contributed by atoms with Crippen LogP contribution in [0.15, 0.2) is 72.9 Å². The van der Waals surface area contributed by atoms with E-state index >= 15 is 0 Å². The van der Waals surface area contributed by atoms with E-state index < -0.39 is 12.1 Å². The molecule has 0 aliphatic rings. The molecule has 0 fully saturated rings. The lowest BCUT2D eigenvalue weighted by molar-refractivity contribution is -0.166. The highest BCUT2D eigenvalue weighted by molar-refractivity contribution is 5.71. The molecule has 0 saturated heterocycles. The van der Waals surface area contributed by atoms with E-state index in [0.29, 0.717) is 19.3 Å². The van der Waals surface area contributed by atoms with Crippen molar-refractivity contribution in [2.75, 3.05) is 13.2 Å². The molecule has 0 spiro atoms. The fraction of sp³-hybridized carbons (Fsp3) is 0.732. The zero-order valence-electron chi connectivity index (χ0n) is 40.6. The lowest BCUT2D eigenvalue weighted by atomic mass is 10.0. The van der Waals surface area contributed by atoms with E-state index in [0.717, 1.165) is 89.9 Å². The van der Waals surface area contributed by atoms with Crippen LogP contribution in [0, 0.1) is 0 Å². The van der Waals surface area contributed by atoms with Crippen molar-refractivity contribution in [1.82, 2.24) is 0 Å². The molecular weight excluding hydrogens is 769 g/mol. The van der Waals surface area contributed by atoms with Gasteiger partial charge in [-0.3, -0.25) is 14.4 Å². The Morgan fingerprint density at radius 2 is 0.629 bits per heavy atom. The van der Waals surface area contributed by atoms with Crippen LogP contribution in [0.25, 0.3) is 0 Å². The third-order valence-corrected chi connectivity index (χ3v) is 11.0. The van der Waals surface area contributed by atoms with Crippen LogP contribution in [0.1, 0.15) is 245 Å². The van der Waals surface area contributed by atoms with Crippen LogP contribution in [0.5, 0.6) is 0 Å². The minimum Gasteiger partial charge on any atom is -0.462 e. The number of rotatable bonds is 46. The van der Waals surface area contributed by atoms with Gasteiger partial charge in [0.1, 0.15) is 13.2 Å². The maximum Gasteiger partial charge on any atom is 0.306 e. The Hall–Kier alpha value is -3.15. The van der Waals surface area contributed by atoms with E-state index in [-0.39, 0.29) is 31.6 Å². The topological polar surface area (TPSA) is 78.9 Å². The van der Waals surface area contributed by atoms with Crippen LogP contribution >= 0.6 is 0 Å². The average molecular weight is 865 g/mol. The van der Waals surface area contributed by atoms with Gasteiger partial charge in [0.05, 0.1) is 0 Å². The van der Waals surface area contributed by atoms with Crippen molar-refractivity contribution in [3.8, 4) is 0 Å². The standard InChI is InChI=1S/C56H96O6/c1-4-7-10-13-15-17-19-21-23-25-27-29-30-32-34-36-38-40-43-46-49-55(58)61-52-53(51-60-54(57)48-45-42-12-9-6-3)62-56(59)50-47-44-41-39-37-35-33-31-28-26-24-22-20-18-16-14-11-8-5-2/h8,11,16,18,22,24,28,31,35,37,41,44,53H,4-7,9-10,12-15,17,19-21,23,25-27,29-30,32-34,36,38-40,42-43,45-52H2,1-3H3/b11-8-,18-16-,24-22-,31-28-,37-35-,44-41-. The molecule has 0 aromatic rings. The monoisotopic (exact) mass is 865 g/mol. The Bertz CT molecular complexity index is 1180. The van der Waals surface area contributed by atoms with Gasteiger partial charge in [-0.25, -0.2) is 0 Å². The Balaban J connectivity index is 4.25. The summed E-state index contributed by atoms with van der Waals surface area (Å²) in [6.07, 6.45) is 63.7. The number of allylic oxidation sites excluding steroid dienone is 12. The highest BCUT2D eigenvalue weighted by Crippen LogP contribution is 2.16. The van der Waals surface area contributed by atoms with Crippen LogP contribution in [0.2, 0.25) is 0 Å². The number of unbranched alkanes of at least 4 members (excludes halogenated alkanes) is 23. The van der Waals surface area contributed by atoms with Gasteiger partial charge in [-0.2, -0.15) is 0 Å². The highest BCUT2D eigenvalue weighted by atomic mass is 16.6. The van der Waals surface area contributed by atoms with Gasteiger partial charge < -0.3 is 14.2 Å². The summed E-state index contributed by atoms with van der Waals surface area (Å²) in [6, 6.07) is 0. The van der Waals surface area contributed by atoms with E-state index in [4.69, 9.17) is 14.2 Å². The molecule has 1 atom stereocenters. The number of esters is 3. The third-order valence-electron chi connectivity index (χ3n) is 11.0. The van der Waals surface area contributed by atoms with Crippen molar-refractivity contribution in [1.29, 1.82) is 0 Å². The second kappa shape index (κ2) is 50.5. The quantitative estimate of drug-likeness (QED) is 0.0262. The van der Waals surface area contributed by atoms with Crippen LogP contribution in [-0.4, -0.2) is 37.2 Å². The normalized spacial score (nSPS) is 12.6. The minimum absolute atomic E-state index is 0.104. The molecule has 6 nitrogen and oxygen atoms in total. The molecule has 0 bridgehead atoms. The third kappa shape index (κ3) is 47.9. The first kappa shape index (κ1) is 58.9. The maximum atomic E-state index is 12.7. The largest absolute Gasteiger partial charge is 0.462 e. The van der Waals surface area contributed by atoms with Gasteiger partial charge in [-0.1, -0.05) is 241 Å². The maximum absolute atomic E-state index is 12.7. The lowest BCUT2D eigenvalue weighted by Crippen LogP contribution is -2.30. The minimum atomic E-state index is -0.810. The van der Waals surface area contributed by atoms with Crippen molar-refractivity contribution in [3.63, 3.8) is 0 Å². The Morgan fingerprint density at radius 1 is 0.339 bits per heavy atom. The van der Waals surface area contributed by atoms with Crippen LogP contribution in [0.4, 0.5) is 0 Å². The number of carbonyl (C=O) groups excluding carboxylic acids is 3. The smallest absolute Gasteiger partial charge is 0.306 e. The molecule has 0 amide bonds. The van der Waals surface area contributed by atoms with Crippen LogP contribution in [0.3, 0.4) is 0 Å². The molecule has 0 aliphatic carbocycles. The average Bonchev–Trinajstić information content (AvgIpc) is 3.27. The van der Waals surface area contributed by atoms with Crippen molar-refractivity contribution >= 4 is 17.9 Å². The highest BCUT2D eigenvalue weighted by Gasteiger charge is 2.19. The molecule has 0 N–H and O–H groups in total. The number of ether oxygens (including phenoxy) is 3. The summed E-state index contributed by atoms with van der Waals surface area (Å²) < 4.78 is 16.6. The van der Waals surface area contributed by atoms with Crippen LogP contribution in [-0.2, 0) is 28.6 Å². The first-order valence-corrected chi connectivity index (χ1v) is 25.9. The molecule has 6 heteroatoms. The van der Waals surface area contributed by atoms with Gasteiger partial charge in [-0.05, 0) is 57.8 Å². The first-order chi connectivity index (χ1) is 30.5. The SMILES string of the molecule is CC/C=C\C/C=C\C/C=C\C/C=C\C/C=C\C/C=C\CCC(=O)OC(COC(=O)CCCCCCC)COC(=O)CCCCCCCCCCCCCCCCCCCCCC. The Labute approximate surface area is 382 Å². The van der Waals surface area contributed by atoms with Crippen molar-refractivity contribution in [2.45, 2.75) is 252 Å². The summed E-state index contributed by atoms with van der Waals surface area (Å²) in [5, 5.41) is 0. The number of carbonyl (C=O) groups is 3. The Morgan fingerprint density at radius 3 is 0.952 bits per heavy atom. The molecule has 0 aromatic carbocycles. The van der Waals surface area contributed by atoms with Crippen molar-refractivity contribution < 1.29 is 28.6 Å². The summed E-state index contributed by atoms with van der Waals surface area (Å²) in [5.41, 5.74) is 0. The van der Waals surface area contributed by atoms with Crippen LogP contribution < -0.4 is 0 Å². The predicted octanol–water partition coefficient (Wildman–Crippen LogP) is 17.0. The first-order valence-electron chi connectivity index (χ1n) is 25.9. The van der Waals surface area contributed by atoms with E-state index in [9.17, 15) is 14.4 Å². The Kier molecular flexibility index (Phi) is 47.9. The van der Waals surface area contributed by atoms with Gasteiger partial charge in [0, 0.05) is 19.3 Å². The van der Waals surface area contributed by atoms with Gasteiger partial charge in [0.2, 0.25) is 0 Å². The molecule has 0 saturated carbocycles. The van der Waals surface area contributed by atoms with Gasteiger partial charge in [-0.15, -0.1) is 0 Å². The molecule has 356 valence electrons. The number of hydrogen-bond acceptors (Lipinski definition) is 6. The fourth-order valence-corrected chi connectivity index (χ4v) is 7.12. The summed E-state index contributed by atoms with van der Waals surface area (Å²) >= 11 is 0. The van der Waals surface area contributed by atoms with E-state index in [1.165, 1.54) is 109 Å². The fourth-order valence-electron chi connectivity index (χ4n) is 7.12. The molecule has 1 unspecified atom stereocenters. The predicted molar refractivity (Wildman–Crippen MR) is 265 cm³/mol. The van der Waals surface area contributed by atoms with E-state index in [1.54, 1.807) is 0 Å². The lowest BCUT2D eigenvalue weighted by Gasteiger charge is -2.18. The molecule has 62 heavy (non-hydrogen) atoms. The molecule has 0 rings (SSSR count). The van der Waals surface area contributed by atoms with Crippen molar-refractivity contribution in [3.05, 3.63) is 72.9 Å².